The van der Waals surface area contributed by atoms with E-state index in [0.717, 1.165) is 19.5 Å². The van der Waals surface area contributed by atoms with Crippen LogP contribution in [0, 0.1) is 0 Å². The first-order valence-electron chi connectivity index (χ1n) is 5.80. The van der Waals surface area contributed by atoms with E-state index in [0.29, 0.717) is 6.54 Å². The fraction of sp³-hybridized carbons (Fsp3) is 0.583. The maximum Gasteiger partial charge on any atom is 0.246 e. The third-order valence-electron chi connectivity index (χ3n) is 2.87. The molecule has 1 aromatic rings. The normalized spacial score (nSPS) is 17.5. The van der Waals surface area contributed by atoms with Crippen molar-refractivity contribution in [1.82, 2.24) is 10.6 Å². The third-order valence-corrected chi connectivity index (χ3v) is 3.60. The van der Waals surface area contributed by atoms with E-state index in [1.165, 1.54) is 5.56 Å². The van der Waals surface area contributed by atoms with Gasteiger partial charge in [0.25, 0.3) is 0 Å². The highest BCUT2D eigenvalue weighted by atomic mass is 32.1. The molecule has 5 heteroatoms. The molecule has 1 amide bonds. The molecule has 0 spiro atoms. The summed E-state index contributed by atoms with van der Waals surface area (Å²) in [7, 11) is 0. The fourth-order valence-electron chi connectivity index (χ4n) is 1.65. The van der Waals surface area contributed by atoms with Crippen LogP contribution in [-0.2, 0) is 16.0 Å². The van der Waals surface area contributed by atoms with Gasteiger partial charge in [-0.3, -0.25) is 4.79 Å². The second-order valence-electron chi connectivity index (χ2n) is 4.57. The lowest BCUT2D eigenvalue weighted by molar-refractivity contribution is -0.135. The van der Waals surface area contributed by atoms with Gasteiger partial charge < -0.3 is 15.4 Å². The SMILES string of the molecule is CC1(OCC(=O)NCCc2ccsc2)CNC1. The smallest absolute Gasteiger partial charge is 0.246 e. The molecule has 0 aromatic carbocycles. The molecule has 1 saturated heterocycles. The molecule has 1 fully saturated rings. The molecule has 0 radical (unpaired) electrons. The standard InChI is InChI=1S/C12H18N2O2S/c1-12(8-13-9-12)16-6-11(15)14-4-2-10-3-5-17-7-10/h3,5,7,13H,2,4,6,8-9H2,1H3,(H,14,15). The van der Waals surface area contributed by atoms with Crippen LogP contribution in [0.15, 0.2) is 16.8 Å². The number of thiophene rings is 1. The summed E-state index contributed by atoms with van der Waals surface area (Å²) in [5.74, 6) is -0.0339. The van der Waals surface area contributed by atoms with Gasteiger partial charge in [0.05, 0.1) is 5.60 Å². The minimum atomic E-state index is -0.148. The maximum absolute atomic E-state index is 11.5. The zero-order valence-corrected chi connectivity index (χ0v) is 10.8. The quantitative estimate of drug-likeness (QED) is 0.789. The molecule has 0 bridgehead atoms. The Bertz CT molecular complexity index is 361. The topological polar surface area (TPSA) is 50.4 Å². The highest BCUT2D eigenvalue weighted by Crippen LogP contribution is 2.14. The summed E-state index contributed by atoms with van der Waals surface area (Å²) >= 11 is 1.68. The van der Waals surface area contributed by atoms with Gasteiger partial charge in [-0.2, -0.15) is 11.3 Å². The van der Waals surface area contributed by atoms with Crippen molar-refractivity contribution in [3.8, 4) is 0 Å². The first kappa shape index (κ1) is 12.5. The largest absolute Gasteiger partial charge is 0.363 e. The van der Waals surface area contributed by atoms with Crippen LogP contribution in [0.25, 0.3) is 0 Å². The lowest BCUT2D eigenvalue weighted by Crippen LogP contribution is -2.59. The van der Waals surface area contributed by atoms with Crippen molar-refractivity contribution in [1.29, 1.82) is 0 Å². The van der Waals surface area contributed by atoms with E-state index < -0.39 is 0 Å². The summed E-state index contributed by atoms with van der Waals surface area (Å²) < 4.78 is 5.54. The lowest BCUT2D eigenvalue weighted by atomic mass is 10.0. The molecular weight excluding hydrogens is 236 g/mol. The highest BCUT2D eigenvalue weighted by molar-refractivity contribution is 7.07. The molecule has 0 aliphatic carbocycles. The summed E-state index contributed by atoms with van der Waals surface area (Å²) in [6.07, 6.45) is 0.883. The zero-order chi connectivity index (χ0) is 12.1. The predicted octanol–water partition coefficient (Wildman–Crippen LogP) is 0.785. The van der Waals surface area contributed by atoms with Gasteiger partial charge in [-0.25, -0.2) is 0 Å². The number of carbonyl (C=O) groups is 1. The second-order valence-corrected chi connectivity index (χ2v) is 5.35. The van der Waals surface area contributed by atoms with Crippen molar-refractivity contribution >= 4 is 17.2 Å². The maximum atomic E-state index is 11.5. The number of rotatable bonds is 6. The summed E-state index contributed by atoms with van der Waals surface area (Å²) in [6, 6.07) is 2.08. The lowest BCUT2D eigenvalue weighted by Gasteiger charge is -2.38. The molecule has 2 rings (SSSR count). The van der Waals surface area contributed by atoms with Gasteiger partial charge in [0, 0.05) is 19.6 Å². The molecule has 2 N–H and O–H groups in total. The Kier molecular flexibility index (Phi) is 4.15. The third kappa shape index (κ3) is 3.80. The van der Waals surface area contributed by atoms with Gasteiger partial charge in [-0.05, 0) is 35.7 Å². The monoisotopic (exact) mass is 254 g/mol. The molecule has 17 heavy (non-hydrogen) atoms. The van der Waals surface area contributed by atoms with E-state index in [1.807, 2.05) is 12.3 Å². The fourth-order valence-corrected chi connectivity index (χ4v) is 2.35. The van der Waals surface area contributed by atoms with Crippen LogP contribution in [0.3, 0.4) is 0 Å². The van der Waals surface area contributed by atoms with Crippen molar-refractivity contribution in [2.24, 2.45) is 0 Å². The molecule has 1 aliphatic rings. The molecule has 1 aliphatic heterocycles. The Hall–Kier alpha value is -0.910. The van der Waals surface area contributed by atoms with Crippen molar-refractivity contribution in [2.75, 3.05) is 26.2 Å². The van der Waals surface area contributed by atoms with Crippen LogP contribution < -0.4 is 10.6 Å². The first-order chi connectivity index (χ1) is 8.18. The van der Waals surface area contributed by atoms with Gasteiger partial charge in [0.2, 0.25) is 5.91 Å². The van der Waals surface area contributed by atoms with Crippen LogP contribution in [0.5, 0.6) is 0 Å². The van der Waals surface area contributed by atoms with Gasteiger partial charge in [-0.1, -0.05) is 0 Å². The number of carbonyl (C=O) groups excluding carboxylic acids is 1. The van der Waals surface area contributed by atoms with Crippen molar-refractivity contribution in [3.05, 3.63) is 22.4 Å². The van der Waals surface area contributed by atoms with Crippen LogP contribution in [0.4, 0.5) is 0 Å². The molecule has 0 atom stereocenters. The predicted molar refractivity (Wildman–Crippen MR) is 68.3 cm³/mol. The number of amides is 1. The summed E-state index contributed by atoms with van der Waals surface area (Å²) in [5.41, 5.74) is 1.12. The van der Waals surface area contributed by atoms with Gasteiger partial charge in [0.15, 0.2) is 0 Å². The minimum Gasteiger partial charge on any atom is -0.363 e. The van der Waals surface area contributed by atoms with Gasteiger partial charge in [-0.15, -0.1) is 0 Å². The Morgan fingerprint density at radius 3 is 3.06 bits per heavy atom. The zero-order valence-electron chi connectivity index (χ0n) is 9.99. The van der Waals surface area contributed by atoms with E-state index in [9.17, 15) is 4.79 Å². The average molecular weight is 254 g/mol. The summed E-state index contributed by atoms with van der Waals surface area (Å²) in [5, 5.41) is 10.1. The Morgan fingerprint density at radius 1 is 1.65 bits per heavy atom. The molecule has 0 unspecified atom stereocenters. The highest BCUT2D eigenvalue weighted by Gasteiger charge is 2.32. The van der Waals surface area contributed by atoms with Gasteiger partial charge >= 0.3 is 0 Å². The van der Waals surface area contributed by atoms with Crippen molar-refractivity contribution in [3.63, 3.8) is 0 Å². The van der Waals surface area contributed by atoms with Gasteiger partial charge in [0.1, 0.15) is 6.61 Å². The Balaban J connectivity index is 1.58. The molecule has 2 heterocycles. The van der Waals surface area contributed by atoms with Crippen molar-refractivity contribution in [2.45, 2.75) is 18.9 Å². The first-order valence-corrected chi connectivity index (χ1v) is 6.75. The second kappa shape index (κ2) is 5.62. The summed E-state index contributed by atoms with van der Waals surface area (Å²) in [4.78, 5) is 11.5. The van der Waals surface area contributed by atoms with E-state index in [1.54, 1.807) is 11.3 Å². The van der Waals surface area contributed by atoms with Crippen molar-refractivity contribution < 1.29 is 9.53 Å². The van der Waals surface area contributed by atoms with E-state index >= 15 is 0 Å². The molecular formula is C12H18N2O2S. The van der Waals surface area contributed by atoms with E-state index in [-0.39, 0.29) is 18.1 Å². The number of hydrogen-bond donors (Lipinski definition) is 2. The Morgan fingerprint density at radius 2 is 2.47 bits per heavy atom. The molecule has 4 nitrogen and oxygen atoms in total. The van der Waals surface area contributed by atoms with Crippen LogP contribution in [0.2, 0.25) is 0 Å². The Labute approximate surface area is 105 Å². The van der Waals surface area contributed by atoms with E-state index in [4.69, 9.17) is 4.74 Å². The minimum absolute atomic E-state index is 0.0339. The van der Waals surface area contributed by atoms with Crippen LogP contribution >= 0.6 is 11.3 Å². The molecule has 0 saturated carbocycles. The van der Waals surface area contributed by atoms with Crippen LogP contribution in [-0.4, -0.2) is 37.7 Å². The van der Waals surface area contributed by atoms with E-state index in [2.05, 4.69) is 22.1 Å². The number of hydrogen-bond acceptors (Lipinski definition) is 4. The summed E-state index contributed by atoms with van der Waals surface area (Å²) in [6.45, 7) is 4.50. The number of nitrogens with one attached hydrogen (secondary N) is 2. The molecule has 1 aromatic heterocycles. The molecule has 94 valence electrons. The van der Waals surface area contributed by atoms with Crippen LogP contribution in [0.1, 0.15) is 12.5 Å². The number of ether oxygens (including phenoxy) is 1. The average Bonchev–Trinajstić information content (AvgIpc) is 2.77.